The van der Waals surface area contributed by atoms with Gasteiger partial charge in [-0.1, -0.05) is 32.0 Å². The molecule has 5 aliphatic carbocycles. The van der Waals surface area contributed by atoms with Crippen molar-refractivity contribution in [1.82, 2.24) is 0 Å². The summed E-state index contributed by atoms with van der Waals surface area (Å²) in [6.45, 7) is 2.09. The van der Waals surface area contributed by atoms with E-state index >= 15 is 0 Å². The highest BCUT2D eigenvalue weighted by molar-refractivity contribution is 7.92. The van der Waals surface area contributed by atoms with Gasteiger partial charge in [0.1, 0.15) is 0 Å². The molecule has 6 rings (SSSR count). The number of sulfone groups is 1. The third-order valence-corrected chi connectivity index (χ3v) is 15.8. The molecule has 5 nitrogen and oxygen atoms in total. The SMILES string of the molecule is CC12CCC(O)CC1CCC1C2CCC2(C)C(CC(CC3(O)CCC(OC(F)F)CC3)S(=O)(=O)c3ccccc3)CCC12. The fraction of sp³-hybridized carbons (Fsp3) is 0.829. The van der Waals surface area contributed by atoms with Crippen molar-refractivity contribution in [3.05, 3.63) is 30.3 Å². The van der Waals surface area contributed by atoms with E-state index < -0.39 is 33.4 Å². The smallest absolute Gasteiger partial charge is 0.345 e. The van der Waals surface area contributed by atoms with Gasteiger partial charge in [0, 0.05) is 0 Å². The summed E-state index contributed by atoms with van der Waals surface area (Å²) in [6.07, 6.45) is 10.9. The second kappa shape index (κ2) is 11.9. The standard InChI is InChI=1S/C35H52F2O5S/c1-33-16-12-25(38)20-23(33)8-10-29-30-11-9-24(34(30,2)17-15-31(29)33)21-28(43(40,41)27-6-4-3-5-7-27)22-35(39)18-13-26(14-19-35)42-32(36)37/h3-7,23-26,28-32,38-39H,8-22H2,1-2H3. The van der Waals surface area contributed by atoms with E-state index in [0.29, 0.717) is 53.2 Å². The molecule has 0 bridgehead atoms. The topological polar surface area (TPSA) is 83.8 Å². The fourth-order valence-corrected chi connectivity index (χ4v) is 13.1. The van der Waals surface area contributed by atoms with E-state index in [9.17, 15) is 27.4 Å². The third kappa shape index (κ3) is 5.96. The number of aliphatic hydroxyl groups is 2. The Balaban J connectivity index is 1.22. The molecule has 0 heterocycles. The first kappa shape index (κ1) is 31.9. The van der Waals surface area contributed by atoms with Crippen LogP contribution in [-0.4, -0.2) is 48.3 Å². The summed E-state index contributed by atoms with van der Waals surface area (Å²) in [6, 6.07) is 8.63. The molecule has 1 aromatic carbocycles. The number of halogens is 2. The zero-order valence-corrected chi connectivity index (χ0v) is 26.8. The first-order valence-electron chi connectivity index (χ1n) is 17.0. The van der Waals surface area contributed by atoms with Crippen molar-refractivity contribution >= 4 is 9.84 Å². The molecule has 5 saturated carbocycles. The van der Waals surface area contributed by atoms with Gasteiger partial charge in [-0.05, 0) is 149 Å². The Kier molecular flexibility index (Phi) is 8.84. The number of benzene rings is 1. The molecule has 9 atom stereocenters. The maximum absolute atomic E-state index is 14.2. The Labute approximate surface area is 257 Å². The van der Waals surface area contributed by atoms with Crippen LogP contribution in [-0.2, 0) is 14.6 Å². The van der Waals surface area contributed by atoms with E-state index in [2.05, 4.69) is 13.8 Å². The number of alkyl halides is 2. The van der Waals surface area contributed by atoms with Gasteiger partial charge < -0.3 is 14.9 Å². The van der Waals surface area contributed by atoms with Crippen molar-refractivity contribution in [3.63, 3.8) is 0 Å². The van der Waals surface area contributed by atoms with E-state index in [1.807, 2.05) is 6.07 Å². The zero-order chi connectivity index (χ0) is 30.6. The van der Waals surface area contributed by atoms with Gasteiger partial charge >= 0.3 is 6.61 Å². The van der Waals surface area contributed by atoms with Crippen LogP contribution in [0.3, 0.4) is 0 Å². The van der Waals surface area contributed by atoms with Gasteiger partial charge in [0.25, 0.3) is 0 Å². The van der Waals surface area contributed by atoms with E-state index in [0.717, 1.165) is 38.5 Å². The highest BCUT2D eigenvalue weighted by atomic mass is 32.2. The summed E-state index contributed by atoms with van der Waals surface area (Å²) in [5, 5.41) is 21.3. The molecule has 0 aliphatic heterocycles. The van der Waals surface area contributed by atoms with E-state index in [1.165, 1.54) is 19.3 Å². The summed E-state index contributed by atoms with van der Waals surface area (Å²) in [5.41, 5.74) is -0.825. The summed E-state index contributed by atoms with van der Waals surface area (Å²) >= 11 is 0. The number of aliphatic hydroxyl groups excluding tert-OH is 1. The van der Waals surface area contributed by atoms with Crippen LogP contribution >= 0.6 is 0 Å². The van der Waals surface area contributed by atoms with Crippen LogP contribution in [0.4, 0.5) is 8.78 Å². The fourth-order valence-electron chi connectivity index (χ4n) is 11.2. The van der Waals surface area contributed by atoms with Crippen LogP contribution in [0.15, 0.2) is 35.2 Å². The van der Waals surface area contributed by atoms with Gasteiger partial charge in [0.05, 0.1) is 28.0 Å². The lowest BCUT2D eigenvalue weighted by Gasteiger charge is -2.61. The average Bonchev–Trinajstić information content (AvgIpc) is 3.30. The molecule has 5 aliphatic rings. The summed E-state index contributed by atoms with van der Waals surface area (Å²) in [4.78, 5) is 0.299. The Hall–Kier alpha value is -1.09. The molecule has 43 heavy (non-hydrogen) atoms. The van der Waals surface area contributed by atoms with Crippen molar-refractivity contribution in [2.75, 3.05) is 0 Å². The van der Waals surface area contributed by atoms with Gasteiger partial charge in [-0.3, -0.25) is 0 Å². The highest BCUT2D eigenvalue weighted by Gasteiger charge is 2.60. The minimum absolute atomic E-state index is 0.0778. The molecule has 1 aromatic rings. The monoisotopic (exact) mass is 622 g/mol. The van der Waals surface area contributed by atoms with Gasteiger partial charge in [-0.15, -0.1) is 0 Å². The molecule has 8 heteroatoms. The van der Waals surface area contributed by atoms with Crippen LogP contribution in [0.25, 0.3) is 0 Å². The normalized spacial score (nSPS) is 43.9. The van der Waals surface area contributed by atoms with Crippen molar-refractivity contribution in [1.29, 1.82) is 0 Å². The van der Waals surface area contributed by atoms with E-state index in [-0.39, 0.29) is 36.7 Å². The molecule has 0 amide bonds. The van der Waals surface area contributed by atoms with Crippen molar-refractivity contribution < 1.29 is 32.1 Å². The van der Waals surface area contributed by atoms with Crippen LogP contribution in [0.2, 0.25) is 0 Å². The number of fused-ring (bicyclic) bond motifs is 5. The van der Waals surface area contributed by atoms with Crippen LogP contribution in [0.1, 0.15) is 110 Å². The number of ether oxygens (including phenoxy) is 1. The number of hydrogen-bond acceptors (Lipinski definition) is 5. The maximum atomic E-state index is 14.2. The van der Waals surface area contributed by atoms with Crippen LogP contribution < -0.4 is 0 Å². The Morgan fingerprint density at radius 1 is 0.884 bits per heavy atom. The van der Waals surface area contributed by atoms with Crippen molar-refractivity contribution in [2.45, 2.75) is 145 Å². The first-order chi connectivity index (χ1) is 20.3. The molecule has 0 spiro atoms. The predicted molar refractivity (Wildman–Crippen MR) is 162 cm³/mol. The van der Waals surface area contributed by atoms with Crippen LogP contribution in [0.5, 0.6) is 0 Å². The van der Waals surface area contributed by atoms with Crippen molar-refractivity contribution in [2.24, 2.45) is 40.4 Å². The minimum Gasteiger partial charge on any atom is -0.393 e. The molecule has 0 saturated heterocycles. The Morgan fingerprint density at radius 2 is 1.56 bits per heavy atom. The van der Waals surface area contributed by atoms with Gasteiger partial charge in [-0.25, -0.2) is 8.42 Å². The molecule has 0 aromatic heterocycles. The Morgan fingerprint density at radius 3 is 2.26 bits per heavy atom. The molecule has 5 fully saturated rings. The first-order valence-corrected chi connectivity index (χ1v) is 18.5. The van der Waals surface area contributed by atoms with Crippen LogP contribution in [0, 0.1) is 40.4 Å². The van der Waals surface area contributed by atoms with Gasteiger partial charge in [0.2, 0.25) is 0 Å². The Bertz CT molecular complexity index is 1220. The second-order valence-corrected chi connectivity index (χ2v) is 17.9. The quantitative estimate of drug-likeness (QED) is 0.313. The van der Waals surface area contributed by atoms with E-state index in [1.54, 1.807) is 24.3 Å². The van der Waals surface area contributed by atoms with Crippen molar-refractivity contribution in [3.8, 4) is 0 Å². The zero-order valence-electron chi connectivity index (χ0n) is 26.0. The molecular weight excluding hydrogens is 570 g/mol. The molecule has 9 unspecified atom stereocenters. The molecular formula is C35H52F2O5S. The summed E-state index contributed by atoms with van der Waals surface area (Å²) in [7, 11) is -3.71. The largest absolute Gasteiger partial charge is 0.393 e. The lowest BCUT2D eigenvalue weighted by atomic mass is 9.44. The maximum Gasteiger partial charge on any atom is 0.345 e. The second-order valence-electron chi connectivity index (χ2n) is 15.6. The van der Waals surface area contributed by atoms with Gasteiger partial charge in [0.15, 0.2) is 9.84 Å². The lowest BCUT2D eigenvalue weighted by molar-refractivity contribution is -0.181. The number of hydrogen-bond donors (Lipinski definition) is 2. The molecule has 242 valence electrons. The predicted octanol–water partition coefficient (Wildman–Crippen LogP) is 7.54. The minimum atomic E-state index is -3.71. The summed E-state index contributed by atoms with van der Waals surface area (Å²) in [5.74, 6) is 2.82. The third-order valence-electron chi connectivity index (χ3n) is 13.7. The number of rotatable bonds is 8. The summed E-state index contributed by atoms with van der Waals surface area (Å²) < 4.78 is 58.8. The average molecular weight is 623 g/mol. The highest BCUT2D eigenvalue weighted by Crippen LogP contribution is 2.68. The van der Waals surface area contributed by atoms with Gasteiger partial charge in [-0.2, -0.15) is 8.78 Å². The lowest BCUT2D eigenvalue weighted by Crippen LogP contribution is -2.54. The van der Waals surface area contributed by atoms with E-state index in [4.69, 9.17) is 4.74 Å². The molecule has 2 N–H and O–H groups in total. The molecule has 0 radical (unpaired) electrons.